The smallest absolute Gasteiger partial charge is 0.228 e. The van der Waals surface area contributed by atoms with Gasteiger partial charge in [0.1, 0.15) is 0 Å². The molecule has 5 nitrogen and oxygen atoms in total. The second-order valence-corrected chi connectivity index (χ2v) is 8.16. The van der Waals surface area contributed by atoms with Crippen molar-refractivity contribution in [2.75, 3.05) is 18.0 Å². The van der Waals surface area contributed by atoms with Crippen LogP contribution in [0.3, 0.4) is 0 Å². The number of aromatic nitrogens is 1. The number of likely N-dealkylation sites (tertiary alicyclic amines) is 1. The first-order valence-electron chi connectivity index (χ1n) is 9.31. The molecule has 2 fully saturated rings. The molecule has 2 amide bonds. The zero-order valence-corrected chi connectivity index (χ0v) is 16.9. The van der Waals surface area contributed by atoms with Gasteiger partial charge in [-0.2, -0.15) is 0 Å². The number of hydrogen-bond acceptors (Lipinski definition) is 3. The molecule has 0 saturated carbocycles. The van der Waals surface area contributed by atoms with E-state index in [2.05, 4.69) is 20.9 Å². The number of halogens is 1. The lowest BCUT2D eigenvalue weighted by molar-refractivity contribution is -0.136. The first-order valence-corrected chi connectivity index (χ1v) is 10.1. The summed E-state index contributed by atoms with van der Waals surface area (Å²) in [5.41, 5.74) is 3.07. The summed E-state index contributed by atoms with van der Waals surface area (Å²) in [5.74, 6) is -0.155. The van der Waals surface area contributed by atoms with E-state index in [-0.39, 0.29) is 30.2 Å². The van der Waals surface area contributed by atoms with Gasteiger partial charge in [-0.25, -0.2) is 0 Å². The van der Waals surface area contributed by atoms with E-state index in [1.165, 1.54) is 0 Å². The highest BCUT2D eigenvalue weighted by Crippen LogP contribution is 2.35. The molecule has 2 aliphatic heterocycles. The predicted octanol–water partition coefficient (Wildman–Crippen LogP) is 3.87. The SMILES string of the molecule is Cc1cc(N2C[C@H](C(=O)N3CCC[C@@H]3c3ccncc3)CC2=O)ccc1Br. The molecule has 1 aromatic carbocycles. The lowest BCUT2D eigenvalue weighted by Crippen LogP contribution is -2.37. The monoisotopic (exact) mass is 427 g/mol. The van der Waals surface area contributed by atoms with Crippen LogP contribution in [0.2, 0.25) is 0 Å². The van der Waals surface area contributed by atoms with E-state index in [4.69, 9.17) is 0 Å². The zero-order valence-electron chi connectivity index (χ0n) is 15.3. The molecule has 2 saturated heterocycles. The van der Waals surface area contributed by atoms with Gasteiger partial charge in [0.05, 0.1) is 12.0 Å². The topological polar surface area (TPSA) is 53.5 Å². The van der Waals surface area contributed by atoms with Crippen molar-refractivity contribution < 1.29 is 9.59 Å². The normalized spacial score (nSPS) is 22.5. The molecule has 4 rings (SSSR count). The number of pyridine rings is 1. The number of carbonyl (C=O) groups is 2. The van der Waals surface area contributed by atoms with Crippen molar-refractivity contribution in [3.63, 3.8) is 0 Å². The minimum Gasteiger partial charge on any atom is -0.335 e. The van der Waals surface area contributed by atoms with Crippen molar-refractivity contribution in [3.05, 3.63) is 58.3 Å². The molecule has 0 N–H and O–H groups in total. The third-order valence-corrected chi connectivity index (χ3v) is 6.44. The lowest BCUT2D eigenvalue weighted by atomic mass is 10.0. The van der Waals surface area contributed by atoms with Crippen molar-refractivity contribution in [1.29, 1.82) is 0 Å². The minimum atomic E-state index is -0.274. The average molecular weight is 428 g/mol. The summed E-state index contributed by atoms with van der Waals surface area (Å²) in [6.07, 6.45) is 5.79. The van der Waals surface area contributed by atoms with Gasteiger partial charge in [0.25, 0.3) is 0 Å². The van der Waals surface area contributed by atoms with Crippen LogP contribution in [0.25, 0.3) is 0 Å². The van der Waals surface area contributed by atoms with E-state index in [1.807, 2.05) is 42.2 Å². The molecule has 0 aliphatic carbocycles. The van der Waals surface area contributed by atoms with Gasteiger partial charge < -0.3 is 9.80 Å². The third-order valence-electron chi connectivity index (χ3n) is 5.55. The van der Waals surface area contributed by atoms with Gasteiger partial charge in [0.2, 0.25) is 11.8 Å². The summed E-state index contributed by atoms with van der Waals surface area (Å²) in [6.45, 7) is 3.21. The fourth-order valence-corrected chi connectivity index (χ4v) is 4.36. The Balaban J connectivity index is 1.51. The average Bonchev–Trinajstić information content (AvgIpc) is 3.31. The number of amides is 2. The van der Waals surface area contributed by atoms with E-state index < -0.39 is 0 Å². The van der Waals surface area contributed by atoms with Crippen molar-refractivity contribution >= 4 is 33.4 Å². The second-order valence-electron chi connectivity index (χ2n) is 7.31. The van der Waals surface area contributed by atoms with Crippen molar-refractivity contribution in [2.45, 2.75) is 32.2 Å². The molecule has 2 aromatic rings. The standard InChI is InChI=1S/C21H22BrN3O2/c1-14-11-17(4-5-18(14)22)25-13-16(12-20(25)26)21(27)24-10-2-3-19(24)15-6-8-23-9-7-15/h4-9,11,16,19H,2-3,10,12-13H2,1H3/t16-,19-/m1/s1. The van der Waals surface area contributed by atoms with E-state index in [1.54, 1.807) is 17.3 Å². The molecule has 2 aliphatic rings. The maximum atomic E-state index is 13.2. The fourth-order valence-electron chi connectivity index (χ4n) is 4.12. The van der Waals surface area contributed by atoms with Crippen molar-refractivity contribution in [1.82, 2.24) is 9.88 Å². The summed E-state index contributed by atoms with van der Waals surface area (Å²) in [5, 5.41) is 0. The van der Waals surface area contributed by atoms with Crippen LogP contribution in [0.4, 0.5) is 5.69 Å². The summed E-state index contributed by atoms with van der Waals surface area (Å²) >= 11 is 3.49. The number of rotatable bonds is 3. The van der Waals surface area contributed by atoms with Crippen molar-refractivity contribution in [2.24, 2.45) is 5.92 Å². The number of anilines is 1. The zero-order chi connectivity index (χ0) is 19.0. The maximum Gasteiger partial charge on any atom is 0.228 e. The minimum absolute atomic E-state index is 0.0229. The Morgan fingerprint density at radius 3 is 2.74 bits per heavy atom. The van der Waals surface area contributed by atoms with Crippen LogP contribution in [0.5, 0.6) is 0 Å². The van der Waals surface area contributed by atoms with Gasteiger partial charge in [-0.05, 0) is 61.2 Å². The molecule has 0 spiro atoms. The Morgan fingerprint density at radius 2 is 2.00 bits per heavy atom. The molecule has 2 atom stereocenters. The Bertz CT molecular complexity index is 871. The second kappa shape index (κ2) is 7.43. The number of nitrogens with zero attached hydrogens (tertiary/aromatic N) is 3. The Kier molecular flexibility index (Phi) is 5.00. The van der Waals surface area contributed by atoms with E-state index in [0.29, 0.717) is 6.54 Å². The van der Waals surface area contributed by atoms with Crippen LogP contribution < -0.4 is 4.90 Å². The molecule has 0 unspecified atom stereocenters. The maximum absolute atomic E-state index is 13.2. The van der Waals surface area contributed by atoms with Gasteiger partial charge >= 0.3 is 0 Å². The van der Waals surface area contributed by atoms with Gasteiger partial charge in [0, 0.05) is 42.1 Å². The molecule has 3 heterocycles. The lowest BCUT2D eigenvalue weighted by Gasteiger charge is -2.27. The molecule has 0 bridgehead atoms. The van der Waals surface area contributed by atoms with Crippen LogP contribution in [0.1, 0.15) is 36.4 Å². The summed E-state index contributed by atoms with van der Waals surface area (Å²) < 4.78 is 1.02. The number of aryl methyl sites for hydroxylation is 1. The van der Waals surface area contributed by atoms with Crippen LogP contribution in [-0.4, -0.2) is 34.8 Å². The number of carbonyl (C=O) groups excluding carboxylic acids is 2. The Labute approximate surface area is 167 Å². The van der Waals surface area contributed by atoms with Crippen LogP contribution >= 0.6 is 15.9 Å². The fraction of sp³-hybridized carbons (Fsp3) is 0.381. The van der Waals surface area contributed by atoms with E-state index in [0.717, 1.165) is 40.7 Å². The Morgan fingerprint density at radius 1 is 1.22 bits per heavy atom. The van der Waals surface area contributed by atoms with Crippen LogP contribution in [0, 0.1) is 12.8 Å². The highest BCUT2D eigenvalue weighted by Gasteiger charge is 2.40. The highest BCUT2D eigenvalue weighted by atomic mass is 79.9. The van der Waals surface area contributed by atoms with E-state index >= 15 is 0 Å². The van der Waals surface area contributed by atoms with E-state index in [9.17, 15) is 9.59 Å². The van der Waals surface area contributed by atoms with Gasteiger partial charge in [-0.3, -0.25) is 14.6 Å². The molecular weight excluding hydrogens is 406 g/mol. The van der Waals surface area contributed by atoms with Crippen LogP contribution in [-0.2, 0) is 9.59 Å². The van der Waals surface area contributed by atoms with Gasteiger partial charge in [0.15, 0.2) is 0 Å². The Hall–Kier alpha value is -2.21. The summed E-state index contributed by atoms with van der Waals surface area (Å²) in [7, 11) is 0. The molecule has 140 valence electrons. The number of hydrogen-bond donors (Lipinski definition) is 0. The predicted molar refractivity (Wildman–Crippen MR) is 107 cm³/mol. The molecular formula is C21H22BrN3O2. The molecule has 6 heteroatoms. The first kappa shape index (κ1) is 18.2. The van der Waals surface area contributed by atoms with Crippen molar-refractivity contribution in [3.8, 4) is 0 Å². The number of benzene rings is 1. The van der Waals surface area contributed by atoms with Gasteiger partial charge in [-0.1, -0.05) is 15.9 Å². The molecule has 1 aromatic heterocycles. The largest absolute Gasteiger partial charge is 0.335 e. The third kappa shape index (κ3) is 3.50. The quantitative estimate of drug-likeness (QED) is 0.746. The summed E-state index contributed by atoms with van der Waals surface area (Å²) in [4.78, 5) is 33.6. The highest BCUT2D eigenvalue weighted by molar-refractivity contribution is 9.10. The van der Waals surface area contributed by atoms with Gasteiger partial charge in [-0.15, -0.1) is 0 Å². The first-order chi connectivity index (χ1) is 13.0. The molecule has 27 heavy (non-hydrogen) atoms. The van der Waals surface area contributed by atoms with Crippen LogP contribution in [0.15, 0.2) is 47.2 Å². The molecule has 0 radical (unpaired) electrons. The summed E-state index contributed by atoms with van der Waals surface area (Å²) in [6, 6.07) is 9.93.